The van der Waals surface area contributed by atoms with E-state index in [1.807, 2.05) is 24.3 Å². The molecule has 6 nitrogen and oxygen atoms in total. The van der Waals surface area contributed by atoms with Crippen molar-refractivity contribution in [3.63, 3.8) is 0 Å². The molecule has 2 aliphatic heterocycles. The highest BCUT2D eigenvalue weighted by molar-refractivity contribution is 6.30. The quantitative estimate of drug-likeness (QED) is 0.874. The lowest BCUT2D eigenvalue weighted by atomic mass is 9.77. The Labute approximate surface area is 140 Å². The van der Waals surface area contributed by atoms with Gasteiger partial charge in [0, 0.05) is 24.6 Å². The summed E-state index contributed by atoms with van der Waals surface area (Å²) in [5, 5.41) is 6.46. The Balaban J connectivity index is 1.88. The van der Waals surface area contributed by atoms with Crippen LogP contribution in [0.5, 0.6) is 0 Å². The number of fused-ring (bicyclic) bond motifs is 1. The molecule has 1 aromatic rings. The van der Waals surface area contributed by atoms with Crippen LogP contribution in [-0.2, 0) is 9.53 Å². The van der Waals surface area contributed by atoms with Crippen LogP contribution in [0.3, 0.4) is 0 Å². The van der Waals surface area contributed by atoms with E-state index in [0.29, 0.717) is 18.2 Å². The maximum atomic E-state index is 12.5. The zero-order valence-corrected chi connectivity index (χ0v) is 13.7. The topological polar surface area (TPSA) is 70.7 Å². The zero-order valence-electron chi connectivity index (χ0n) is 12.9. The number of nitrogens with zero attached hydrogens (tertiary/aromatic N) is 1. The fourth-order valence-corrected chi connectivity index (χ4v) is 3.57. The number of methoxy groups -OCH3 is 1. The minimum Gasteiger partial charge on any atom is -0.383 e. The molecule has 2 N–H and O–H groups in total. The van der Waals surface area contributed by atoms with Gasteiger partial charge in [0.25, 0.3) is 0 Å². The van der Waals surface area contributed by atoms with Gasteiger partial charge >= 0.3 is 6.03 Å². The molecule has 3 rings (SSSR count). The first-order valence-corrected chi connectivity index (χ1v) is 8.09. The van der Waals surface area contributed by atoms with E-state index >= 15 is 0 Å². The Morgan fingerprint density at radius 3 is 2.74 bits per heavy atom. The molecule has 23 heavy (non-hydrogen) atoms. The Morgan fingerprint density at radius 1 is 1.30 bits per heavy atom. The van der Waals surface area contributed by atoms with E-state index in [1.165, 1.54) is 0 Å². The predicted octanol–water partition coefficient (Wildman–Crippen LogP) is 1.56. The molecule has 2 heterocycles. The largest absolute Gasteiger partial charge is 0.383 e. The highest BCUT2D eigenvalue weighted by Crippen LogP contribution is 2.36. The minimum absolute atomic E-state index is 0.0525. The van der Waals surface area contributed by atoms with Crippen LogP contribution in [-0.4, -0.2) is 49.8 Å². The van der Waals surface area contributed by atoms with Gasteiger partial charge in [-0.1, -0.05) is 23.7 Å². The van der Waals surface area contributed by atoms with Gasteiger partial charge in [-0.3, -0.25) is 15.4 Å². The third kappa shape index (κ3) is 3.20. The van der Waals surface area contributed by atoms with Gasteiger partial charge in [0.1, 0.15) is 0 Å². The fourth-order valence-electron chi connectivity index (χ4n) is 3.44. The number of carbonyl (C=O) groups is 2. The van der Waals surface area contributed by atoms with Crippen LogP contribution in [0, 0.1) is 5.92 Å². The first-order chi connectivity index (χ1) is 11.1. The second-order valence-electron chi connectivity index (χ2n) is 5.85. The summed E-state index contributed by atoms with van der Waals surface area (Å²) < 4.78 is 5.08. The molecule has 0 aliphatic carbocycles. The van der Waals surface area contributed by atoms with Crippen molar-refractivity contribution in [1.82, 2.24) is 15.5 Å². The summed E-state index contributed by atoms with van der Waals surface area (Å²) in [7, 11) is 1.59. The minimum atomic E-state index is -0.363. The molecular formula is C16H20ClN3O3. The number of hydrogen-bond donors (Lipinski definition) is 2. The summed E-state index contributed by atoms with van der Waals surface area (Å²) in [6.45, 7) is 1.62. The normalized spacial score (nSPS) is 27.6. The van der Waals surface area contributed by atoms with Crippen LogP contribution in [0.2, 0.25) is 5.02 Å². The Bertz CT molecular complexity index is 593. The summed E-state index contributed by atoms with van der Waals surface area (Å²) >= 11 is 5.96. The molecule has 124 valence electrons. The Hall–Kier alpha value is -1.63. The van der Waals surface area contributed by atoms with Crippen molar-refractivity contribution in [3.8, 4) is 0 Å². The van der Waals surface area contributed by atoms with Crippen LogP contribution >= 0.6 is 11.6 Å². The van der Waals surface area contributed by atoms with Gasteiger partial charge in [-0.05, 0) is 30.7 Å². The van der Waals surface area contributed by atoms with Crippen molar-refractivity contribution in [3.05, 3.63) is 34.9 Å². The van der Waals surface area contributed by atoms with E-state index in [4.69, 9.17) is 16.3 Å². The van der Waals surface area contributed by atoms with Crippen molar-refractivity contribution in [2.45, 2.75) is 18.5 Å². The predicted molar refractivity (Wildman–Crippen MR) is 86.2 cm³/mol. The molecule has 3 atom stereocenters. The van der Waals surface area contributed by atoms with Crippen LogP contribution < -0.4 is 10.6 Å². The van der Waals surface area contributed by atoms with Crippen molar-refractivity contribution in [2.75, 3.05) is 26.8 Å². The number of ether oxygens (including phenoxy) is 1. The summed E-state index contributed by atoms with van der Waals surface area (Å²) in [6, 6.07) is 7.22. The van der Waals surface area contributed by atoms with Crippen molar-refractivity contribution < 1.29 is 14.3 Å². The molecule has 2 fully saturated rings. The average molecular weight is 338 g/mol. The van der Waals surface area contributed by atoms with Gasteiger partial charge in [-0.25, -0.2) is 4.79 Å². The Morgan fingerprint density at radius 2 is 2.04 bits per heavy atom. The lowest BCUT2D eigenvalue weighted by Crippen LogP contribution is -2.68. The molecule has 2 saturated heterocycles. The maximum Gasteiger partial charge on any atom is 0.325 e. The highest BCUT2D eigenvalue weighted by atomic mass is 35.5. The Kier molecular flexibility index (Phi) is 4.84. The SMILES string of the molecule is COCCN1C(=O)NC(=O)C2C(c3ccc(Cl)cc3)CCNC21. The third-order valence-electron chi connectivity index (χ3n) is 4.55. The van der Waals surface area contributed by atoms with E-state index in [9.17, 15) is 9.59 Å². The molecule has 0 spiro atoms. The molecule has 0 radical (unpaired) electrons. The summed E-state index contributed by atoms with van der Waals surface area (Å²) in [5.41, 5.74) is 1.07. The molecule has 0 bridgehead atoms. The van der Waals surface area contributed by atoms with E-state index in [0.717, 1.165) is 18.5 Å². The third-order valence-corrected chi connectivity index (χ3v) is 4.80. The second kappa shape index (κ2) is 6.86. The number of rotatable bonds is 4. The molecule has 0 aromatic heterocycles. The van der Waals surface area contributed by atoms with E-state index in [-0.39, 0.29) is 29.9 Å². The fraction of sp³-hybridized carbons (Fsp3) is 0.500. The molecule has 3 unspecified atom stereocenters. The number of benzene rings is 1. The van der Waals surface area contributed by atoms with Crippen molar-refractivity contribution in [2.24, 2.45) is 5.92 Å². The van der Waals surface area contributed by atoms with E-state index < -0.39 is 0 Å². The van der Waals surface area contributed by atoms with Gasteiger partial charge in [0.05, 0.1) is 18.7 Å². The number of piperidine rings is 1. The number of urea groups is 1. The zero-order chi connectivity index (χ0) is 16.4. The standard InChI is InChI=1S/C16H20ClN3O3/c1-23-9-8-20-14-13(15(21)19-16(20)22)12(6-7-18-14)10-2-4-11(17)5-3-10/h2-5,12-14,18H,6-9H2,1H3,(H,19,21,22). The molecule has 7 heteroatoms. The summed E-state index contributed by atoms with van der Waals surface area (Å²) in [4.78, 5) is 26.2. The van der Waals surface area contributed by atoms with Crippen LogP contribution in [0.4, 0.5) is 4.79 Å². The highest BCUT2D eigenvalue weighted by Gasteiger charge is 2.47. The van der Waals surface area contributed by atoms with Gasteiger partial charge < -0.3 is 9.64 Å². The van der Waals surface area contributed by atoms with Crippen molar-refractivity contribution in [1.29, 1.82) is 0 Å². The molecular weight excluding hydrogens is 318 g/mol. The van der Waals surface area contributed by atoms with Gasteiger partial charge in [0.2, 0.25) is 5.91 Å². The van der Waals surface area contributed by atoms with E-state index in [1.54, 1.807) is 12.0 Å². The average Bonchev–Trinajstić information content (AvgIpc) is 2.55. The van der Waals surface area contributed by atoms with Crippen LogP contribution in [0.1, 0.15) is 17.9 Å². The van der Waals surface area contributed by atoms with Crippen LogP contribution in [0.25, 0.3) is 0 Å². The molecule has 3 amide bonds. The lowest BCUT2D eigenvalue weighted by Gasteiger charge is -2.46. The first-order valence-electron chi connectivity index (χ1n) is 7.71. The second-order valence-corrected chi connectivity index (χ2v) is 6.29. The van der Waals surface area contributed by atoms with Gasteiger partial charge in [-0.15, -0.1) is 0 Å². The lowest BCUT2D eigenvalue weighted by molar-refractivity contribution is -0.131. The first kappa shape index (κ1) is 16.2. The van der Waals surface area contributed by atoms with Crippen LogP contribution in [0.15, 0.2) is 24.3 Å². The monoisotopic (exact) mass is 337 g/mol. The number of hydrogen-bond acceptors (Lipinski definition) is 4. The smallest absolute Gasteiger partial charge is 0.325 e. The number of nitrogens with one attached hydrogen (secondary N) is 2. The number of carbonyl (C=O) groups excluding carboxylic acids is 2. The number of imide groups is 1. The number of halogens is 1. The molecule has 1 aromatic carbocycles. The summed E-state index contributed by atoms with van der Waals surface area (Å²) in [6.07, 6.45) is 0.531. The summed E-state index contributed by atoms with van der Waals surface area (Å²) in [5.74, 6) is -0.489. The molecule has 0 saturated carbocycles. The van der Waals surface area contributed by atoms with Gasteiger partial charge in [0.15, 0.2) is 0 Å². The number of amides is 3. The maximum absolute atomic E-state index is 12.5. The van der Waals surface area contributed by atoms with Crippen molar-refractivity contribution >= 4 is 23.5 Å². The van der Waals surface area contributed by atoms with Gasteiger partial charge in [-0.2, -0.15) is 0 Å². The molecule has 2 aliphatic rings. The van der Waals surface area contributed by atoms with E-state index in [2.05, 4.69) is 10.6 Å².